The van der Waals surface area contributed by atoms with Gasteiger partial charge < -0.3 is 15.2 Å². The molecule has 0 aromatic rings. The van der Waals surface area contributed by atoms with Crippen molar-refractivity contribution < 1.29 is 19.4 Å². The van der Waals surface area contributed by atoms with Crippen LogP contribution < -0.4 is 5.32 Å². The quantitative estimate of drug-likeness (QED) is 0.799. The van der Waals surface area contributed by atoms with Gasteiger partial charge in [-0.3, -0.25) is 4.90 Å². The van der Waals surface area contributed by atoms with Crippen molar-refractivity contribution in [2.45, 2.75) is 51.3 Å². The van der Waals surface area contributed by atoms with Gasteiger partial charge in [0.05, 0.1) is 12.1 Å². The maximum Gasteiger partial charge on any atom is 0.408 e. The van der Waals surface area contributed by atoms with Crippen molar-refractivity contribution in [3.63, 3.8) is 0 Å². The molecule has 1 amide bonds. The van der Waals surface area contributed by atoms with E-state index in [0.29, 0.717) is 6.54 Å². The molecule has 1 heterocycles. The largest absolute Gasteiger partial charge is 0.479 e. The number of aliphatic carboxylic acids is 1. The number of likely N-dealkylation sites (tertiary alicyclic amines) is 1. The molecule has 7 heteroatoms. The van der Waals surface area contributed by atoms with Crippen LogP contribution in [0.1, 0.15) is 34.1 Å². The normalized spacial score (nSPS) is 24.8. The maximum atomic E-state index is 11.8. The number of carbonyl (C=O) groups excluding carboxylic acids is 1. The highest BCUT2D eigenvalue weighted by atomic mass is 16.6. The average molecular weight is 283 g/mol. The third kappa shape index (κ3) is 3.84. The van der Waals surface area contributed by atoms with Crippen molar-refractivity contribution in [2.75, 3.05) is 13.1 Å². The first kappa shape index (κ1) is 16.2. The summed E-state index contributed by atoms with van der Waals surface area (Å²) in [5, 5.41) is 20.7. The van der Waals surface area contributed by atoms with Crippen molar-refractivity contribution in [1.29, 1.82) is 5.26 Å². The molecule has 1 fully saturated rings. The van der Waals surface area contributed by atoms with Crippen molar-refractivity contribution in [2.24, 2.45) is 0 Å². The van der Waals surface area contributed by atoms with Crippen LogP contribution in [0.5, 0.6) is 0 Å². The fraction of sp³-hybridized carbons (Fsp3) is 0.769. The summed E-state index contributed by atoms with van der Waals surface area (Å²) in [6.45, 7) is 7.36. The molecule has 1 aliphatic rings. The van der Waals surface area contributed by atoms with Crippen LogP contribution in [0.3, 0.4) is 0 Å². The number of rotatable bonds is 3. The second-order valence-electron chi connectivity index (χ2n) is 6.04. The number of alkyl carbamates (subject to hydrolysis) is 1. The number of hydrogen-bond donors (Lipinski definition) is 2. The molecule has 0 bridgehead atoms. The Hall–Kier alpha value is -1.81. The second-order valence-corrected chi connectivity index (χ2v) is 6.04. The van der Waals surface area contributed by atoms with Crippen LogP contribution >= 0.6 is 0 Å². The first-order valence-corrected chi connectivity index (χ1v) is 6.48. The molecule has 0 spiro atoms. The van der Waals surface area contributed by atoms with Gasteiger partial charge in [0.2, 0.25) is 0 Å². The standard InChI is InChI=1S/C13H21N3O4/c1-9(7-14)16-6-5-13(8-16,10(17)18)15-11(19)20-12(2,3)4/h9H,5-6,8H2,1-4H3,(H,15,19)(H,17,18). The predicted octanol–water partition coefficient (Wildman–Crippen LogP) is 0.952. The topological polar surface area (TPSA) is 103 Å². The predicted molar refractivity (Wildman–Crippen MR) is 71.0 cm³/mol. The lowest BCUT2D eigenvalue weighted by molar-refractivity contribution is -0.144. The fourth-order valence-electron chi connectivity index (χ4n) is 2.08. The first-order valence-electron chi connectivity index (χ1n) is 6.48. The molecule has 112 valence electrons. The van der Waals surface area contributed by atoms with E-state index in [0.717, 1.165) is 0 Å². The van der Waals surface area contributed by atoms with Crippen molar-refractivity contribution in [3.05, 3.63) is 0 Å². The second kappa shape index (κ2) is 5.67. The SMILES string of the molecule is CC(C#N)N1CCC(NC(=O)OC(C)(C)C)(C(=O)O)C1. The smallest absolute Gasteiger partial charge is 0.408 e. The Morgan fingerprint density at radius 1 is 1.50 bits per heavy atom. The Morgan fingerprint density at radius 3 is 2.55 bits per heavy atom. The Balaban J connectivity index is 2.79. The van der Waals surface area contributed by atoms with E-state index in [1.807, 2.05) is 0 Å². The monoisotopic (exact) mass is 283 g/mol. The molecule has 0 aromatic carbocycles. The van der Waals surface area contributed by atoms with Gasteiger partial charge in [0.15, 0.2) is 5.54 Å². The summed E-state index contributed by atoms with van der Waals surface area (Å²) in [5.41, 5.74) is -2.09. The molecule has 7 nitrogen and oxygen atoms in total. The molecule has 2 N–H and O–H groups in total. The molecule has 1 rings (SSSR count). The number of carboxylic acids is 1. The Kier molecular flexibility index (Phi) is 4.61. The third-order valence-corrected chi connectivity index (χ3v) is 3.18. The zero-order valence-electron chi connectivity index (χ0n) is 12.3. The first-order chi connectivity index (χ1) is 9.09. The number of carbonyl (C=O) groups is 2. The molecule has 0 saturated carbocycles. The number of amides is 1. The van der Waals surface area contributed by atoms with Crippen molar-refractivity contribution >= 4 is 12.1 Å². The van der Waals surface area contributed by atoms with E-state index >= 15 is 0 Å². The van der Waals surface area contributed by atoms with Crippen molar-refractivity contribution in [1.82, 2.24) is 10.2 Å². The average Bonchev–Trinajstić information content (AvgIpc) is 2.70. The van der Waals surface area contributed by atoms with E-state index in [-0.39, 0.29) is 13.0 Å². The Bertz CT molecular complexity index is 438. The van der Waals surface area contributed by atoms with Crippen LogP contribution in [-0.4, -0.2) is 52.3 Å². The zero-order chi connectivity index (χ0) is 15.6. The molecule has 2 unspecified atom stereocenters. The maximum absolute atomic E-state index is 11.8. The summed E-state index contributed by atoms with van der Waals surface area (Å²) in [4.78, 5) is 25.0. The molecular formula is C13H21N3O4. The number of nitriles is 1. The number of nitrogens with one attached hydrogen (secondary N) is 1. The summed E-state index contributed by atoms with van der Waals surface area (Å²) in [6.07, 6.45) is -0.514. The van der Waals surface area contributed by atoms with Gasteiger partial charge in [0.1, 0.15) is 5.60 Å². The summed E-state index contributed by atoms with van der Waals surface area (Å²) >= 11 is 0. The number of hydrogen-bond acceptors (Lipinski definition) is 5. The Morgan fingerprint density at radius 2 is 2.10 bits per heavy atom. The summed E-state index contributed by atoms with van der Waals surface area (Å²) in [7, 11) is 0. The molecule has 0 aromatic heterocycles. The van der Waals surface area contributed by atoms with Gasteiger partial charge in [-0.25, -0.2) is 9.59 Å². The van der Waals surface area contributed by atoms with E-state index in [4.69, 9.17) is 10.00 Å². The van der Waals surface area contributed by atoms with Gasteiger partial charge in [-0.15, -0.1) is 0 Å². The highest BCUT2D eigenvalue weighted by Gasteiger charge is 2.47. The van der Waals surface area contributed by atoms with E-state index in [2.05, 4.69) is 11.4 Å². The van der Waals surface area contributed by atoms with Gasteiger partial charge in [0, 0.05) is 13.1 Å². The minimum Gasteiger partial charge on any atom is -0.479 e. The number of carboxylic acid groups (broad SMARTS) is 1. The lowest BCUT2D eigenvalue weighted by atomic mass is 9.99. The van der Waals surface area contributed by atoms with Crippen LogP contribution in [0.4, 0.5) is 4.79 Å². The van der Waals surface area contributed by atoms with E-state index in [1.54, 1.807) is 32.6 Å². The van der Waals surface area contributed by atoms with Gasteiger partial charge in [-0.05, 0) is 34.1 Å². The molecule has 0 radical (unpaired) electrons. The number of ether oxygens (including phenoxy) is 1. The summed E-state index contributed by atoms with van der Waals surface area (Å²) < 4.78 is 5.10. The van der Waals surface area contributed by atoms with Gasteiger partial charge in [-0.1, -0.05) is 0 Å². The number of nitrogens with zero attached hydrogens (tertiary/aromatic N) is 2. The van der Waals surface area contributed by atoms with E-state index in [1.165, 1.54) is 0 Å². The highest BCUT2D eigenvalue weighted by molar-refractivity contribution is 5.85. The molecular weight excluding hydrogens is 262 g/mol. The van der Waals surface area contributed by atoms with Crippen molar-refractivity contribution in [3.8, 4) is 6.07 Å². The third-order valence-electron chi connectivity index (χ3n) is 3.18. The Labute approximate surface area is 118 Å². The highest BCUT2D eigenvalue weighted by Crippen LogP contribution is 2.24. The van der Waals surface area contributed by atoms with Crippen LogP contribution in [0.15, 0.2) is 0 Å². The van der Waals surface area contributed by atoms with Crippen LogP contribution in [0.2, 0.25) is 0 Å². The van der Waals surface area contributed by atoms with Crippen LogP contribution in [0, 0.1) is 11.3 Å². The van der Waals surface area contributed by atoms with Gasteiger partial charge in [-0.2, -0.15) is 5.26 Å². The lowest BCUT2D eigenvalue weighted by Gasteiger charge is -2.28. The van der Waals surface area contributed by atoms with Gasteiger partial charge >= 0.3 is 12.1 Å². The van der Waals surface area contributed by atoms with Gasteiger partial charge in [0.25, 0.3) is 0 Å². The fourth-order valence-corrected chi connectivity index (χ4v) is 2.08. The minimum atomic E-state index is -1.40. The van der Waals surface area contributed by atoms with Crippen LogP contribution in [-0.2, 0) is 9.53 Å². The molecule has 20 heavy (non-hydrogen) atoms. The summed E-state index contributed by atoms with van der Waals surface area (Å²) in [5.74, 6) is -1.11. The molecule has 2 atom stereocenters. The molecule has 0 aliphatic carbocycles. The van der Waals surface area contributed by atoms with Crippen LogP contribution in [0.25, 0.3) is 0 Å². The van der Waals surface area contributed by atoms with E-state index in [9.17, 15) is 14.7 Å². The minimum absolute atomic E-state index is 0.0936. The lowest BCUT2D eigenvalue weighted by Crippen LogP contribution is -2.57. The molecule has 1 aliphatic heterocycles. The molecule has 1 saturated heterocycles. The zero-order valence-corrected chi connectivity index (χ0v) is 12.3. The summed E-state index contributed by atoms with van der Waals surface area (Å²) in [6, 6.07) is 1.67. The van der Waals surface area contributed by atoms with E-state index < -0.39 is 29.2 Å².